The number of aliphatic imine (C=N–C) groups is 1. The molecule has 0 amide bonds. The van der Waals surface area contributed by atoms with Crippen LogP contribution in [0.15, 0.2) is 47.5 Å². The minimum Gasteiger partial charge on any atom is -0.508 e. The van der Waals surface area contributed by atoms with E-state index in [1.54, 1.807) is 37.4 Å². The number of phenols is 1. The Morgan fingerprint density at radius 2 is 2.14 bits per heavy atom. The predicted molar refractivity (Wildman–Crippen MR) is 89.9 cm³/mol. The number of halogens is 1. The zero-order chi connectivity index (χ0) is 15.9. The van der Waals surface area contributed by atoms with Gasteiger partial charge < -0.3 is 20.9 Å². The number of phenolic OH excluding ortho intramolecular Hbond substituents is 1. The molecule has 0 aliphatic rings. The Balaban J connectivity index is 1.91. The van der Waals surface area contributed by atoms with E-state index in [0.717, 1.165) is 11.3 Å². The largest absolute Gasteiger partial charge is 0.508 e. The number of ether oxygens (including phenoxy) is 1. The van der Waals surface area contributed by atoms with Crippen LogP contribution in [-0.2, 0) is 6.42 Å². The number of nitrogens with one attached hydrogen (secondary N) is 1. The smallest absolute Gasteiger partial charge is 0.193 e. The average molecular weight is 320 g/mol. The van der Waals surface area contributed by atoms with Gasteiger partial charge in [-0.05, 0) is 42.3 Å². The fourth-order valence-corrected chi connectivity index (χ4v) is 2.21. The third kappa shape index (κ3) is 4.56. The molecular weight excluding hydrogens is 302 g/mol. The highest BCUT2D eigenvalue weighted by atomic mass is 35.5. The van der Waals surface area contributed by atoms with E-state index in [0.29, 0.717) is 29.7 Å². The second-order valence-corrected chi connectivity index (χ2v) is 5.07. The second-order valence-electron chi connectivity index (χ2n) is 4.66. The Hall–Kier alpha value is -2.40. The molecule has 22 heavy (non-hydrogen) atoms. The summed E-state index contributed by atoms with van der Waals surface area (Å²) in [5.41, 5.74) is 7.58. The van der Waals surface area contributed by atoms with Gasteiger partial charge in [0, 0.05) is 12.2 Å². The molecule has 0 fully saturated rings. The minimum atomic E-state index is 0.250. The summed E-state index contributed by atoms with van der Waals surface area (Å²) in [6.45, 7) is 0.520. The van der Waals surface area contributed by atoms with E-state index in [-0.39, 0.29) is 5.75 Å². The SMILES string of the molecule is COc1ccc(NC(N)=NCCc2cccc(O)c2)cc1Cl. The first kappa shape index (κ1) is 16.0. The molecule has 2 aromatic rings. The van der Waals surface area contributed by atoms with Crippen LogP contribution in [-0.4, -0.2) is 24.7 Å². The van der Waals surface area contributed by atoms with Crippen molar-refractivity contribution in [1.82, 2.24) is 0 Å². The van der Waals surface area contributed by atoms with Gasteiger partial charge in [0.05, 0.1) is 12.1 Å². The van der Waals surface area contributed by atoms with Crippen molar-refractivity contribution in [3.63, 3.8) is 0 Å². The number of hydrogen-bond acceptors (Lipinski definition) is 3. The van der Waals surface area contributed by atoms with Gasteiger partial charge in [0.15, 0.2) is 5.96 Å². The molecule has 116 valence electrons. The first-order chi connectivity index (χ1) is 10.6. The van der Waals surface area contributed by atoms with Crippen molar-refractivity contribution in [2.75, 3.05) is 19.0 Å². The Labute approximate surface area is 134 Å². The van der Waals surface area contributed by atoms with Crippen molar-refractivity contribution in [3.05, 3.63) is 53.1 Å². The summed E-state index contributed by atoms with van der Waals surface area (Å²) < 4.78 is 5.09. The van der Waals surface area contributed by atoms with Crippen molar-refractivity contribution in [1.29, 1.82) is 0 Å². The van der Waals surface area contributed by atoms with Gasteiger partial charge in [-0.25, -0.2) is 0 Å². The van der Waals surface area contributed by atoms with Gasteiger partial charge in [0.1, 0.15) is 11.5 Å². The summed E-state index contributed by atoms with van der Waals surface area (Å²) in [4.78, 5) is 4.24. The molecule has 4 N–H and O–H groups in total. The molecule has 0 bridgehead atoms. The summed E-state index contributed by atoms with van der Waals surface area (Å²) in [6.07, 6.45) is 0.695. The highest BCUT2D eigenvalue weighted by Gasteiger charge is 2.02. The lowest BCUT2D eigenvalue weighted by atomic mass is 10.1. The first-order valence-corrected chi connectivity index (χ1v) is 7.14. The average Bonchev–Trinajstić information content (AvgIpc) is 2.47. The van der Waals surface area contributed by atoms with Crippen LogP contribution in [0, 0.1) is 0 Å². The standard InChI is InChI=1S/C16H18ClN3O2/c1-22-15-6-5-12(10-14(15)17)20-16(18)19-8-7-11-3-2-4-13(21)9-11/h2-6,9-10,21H,7-8H2,1H3,(H3,18,19,20). The van der Waals surface area contributed by atoms with Gasteiger partial charge in [-0.1, -0.05) is 23.7 Å². The van der Waals surface area contributed by atoms with E-state index in [9.17, 15) is 5.11 Å². The number of nitrogens with zero attached hydrogens (tertiary/aromatic N) is 1. The van der Waals surface area contributed by atoms with E-state index < -0.39 is 0 Å². The lowest BCUT2D eigenvalue weighted by Gasteiger charge is -2.08. The fraction of sp³-hybridized carbons (Fsp3) is 0.188. The monoisotopic (exact) mass is 319 g/mol. The number of hydrogen-bond donors (Lipinski definition) is 3. The van der Waals surface area contributed by atoms with Crippen molar-refractivity contribution in [2.45, 2.75) is 6.42 Å². The number of methoxy groups -OCH3 is 1. The van der Waals surface area contributed by atoms with Crippen LogP contribution in [0.4, 0.5) is 5.69 Å². The maximum absolute atomic E-state index is 9.39. The number of anilines is 1. The van der Waals surface area contributed by atoms with Crippen LogP contribution in [0.2, 0.25) is 5.02 Å². The zero-order valence-electron chi connectivity index (χ0n) is 12.2. The molecule has 0 saturated carbocycles. The van der Waals surface area contributed by atoms with Gasteiger partial charge in [0.25, 0.3) is 0 Å². The zero-order valence-corrected chi connectivity index (χ0v) is 13.0. The number of nitrogens with two attached hydrogens (primary N) is 1. The molecule has 0 radical (unpaired) electrons. The van der Waals surface area contributed by atoms with E-state index in [4.69, 9.17) is 22.1 Å². The fourth-order valence-electron chi connectivity index (χ4n) is 1.95. The number of benzene rings is 2. The highest BCUT2D eigenvalue weighted by Crippen LogP contribution is 2.27. The number of guanidine groups is 1. The van der Waals surface area contributed by atoms with Crippen LogP contribution in [0.25, 0.3) is 0 Å². The molecule has 0 unspecified atom stereocenters. The topological polar surface area (TPSA) is 79.9 Å². The predicted octanol–water partition coefficient (Wildman–Crippen LogP) is 3.02. The van der Waals surface area contributed by atoms with E-state index in [1.165, 1.54) is 0 Å². The van der Waals surface area contributed by atoms with Gasteiger partial charge >= 0.3 is 0 Å². The van der Waals surface area contributed by atoms with E-state index in [2.05, 4.69) is 10.3 Å². The molecule has 0 aliphatic carbocycles. The van der Waals surface area contributed by atoms with Gasteiger partial charge in [0.2, 0.25) is 0 Å². The van der Waals surface area contributed by atoms with Crippen LogP contribution < -0.4 is 15.8 Å². The molecule has 0 heterocycles. The molecule has 0 spiro atoms. The Morgan fingerprint density at radius 1 is 1.32 bits per heavy atom. The molecule has 6 heteroatoms. The molecule has 0 aromatic heterocycles. The third-order valence-corrected chi connectivity index (χ3v) is 3.31. The Bertz CT molecular complexity index is 674. The van der Waals surface area contributed by atoms with Gasteiger partial charge in [-0.3, -0.25) is 4.99 Å². The summed E-state index contributed by atoms with van der Waals surface area (Å²) in [5, 5.41) is 12.9. The Morgan fingerprint density at radius 3 is 2.82 bits per heavy atom. The summed E-state index contributed by atoms with van der Waals surface area (Å²) in [5.74, 6) is 1.16. The quantitative estimate of drug-likeness (QED) is 0.584. The molecule has 0 aliphatic heterocycles. The third-order valence-electron chi connectivity index (χ3n) is 3.02. The highest BCUT2D eigenvalue weighted by molar-refractivity contribution is 6.32. The van der Waals surface area contributed by atoms with Crippen LogP contribution in [0.1, 0.15) is 5.56 Å². The van der Waals surface area contributed by atoms with E-state index in [1.807, 2.05) is 12.1 Å². The summed E-state index contributed by atoms with van der Waals surface area (Å²) in [7, 11) is 1.56. The van der Waals surface area contributed by atoms with Gasteiger partial charge in [-0.15, -0.1) is 0 Å². The first-order valence-electron chi connectivity index (χ1n) is 6.77. The molecule has 2 aromatic carbocycles. The van der Waals surface area contributed by atoms with Crippen molar-refractivity contribution in [3.8, 4) is 11.5 Å². The second kappa shape index (κ2) is 7.56. The lowest BCUT2D eigenvalue weighted by molar-refractivity contribution is 0.415. The molecule has 2 rings (SSSR count). The van der Waals surface area contributed by atoms with Gasteiger partial charge in [-0.2, -0.15) is 0 Å². The molecule has 5 nitrogen and oxygen atoms in total. The van der Waals surface area contributed by atoms with Crippen molar-refractivity contribution in [2.24, 2.45) is 10.7 Å². The van der Waals surface area contributed by atoms with Crippen LogP contribution >= 0.6 is 11.6 Å². The van der Waals surface area contributed by atoms with Crippen LogP contribution in [0.3, 0.4) is 0 Å². The molecular formula is C16H18ClN3O2. The summed E-state index contributed by atoms with van der Waals surface area (Å²) >= 11 is 6.04. The molecule has 0 atom stereocenters. The minimum absolute atomic E-state index is 0.250. The van der Waals surface area contributed by atoms with Crippen molar-refractivity contribution >= 4 is 23.2 Å². The molecule has 0 saturated heterocycles. The normalized spacial score (nSPS) is 11.3. The lowest BCUT2D eigenvalue weighted by Crippen LogP contribution is -2.23. The maximum Gasteiger partial charge on any atom is 0.193 e. The van der Waals surface area contributed by atoms with Crippen LogP contribution in [0.5, 0.6) is 11.5 Å². The summed E-state index contributed by atoms with van der Waals surface area (Å²) in [6, 6.07) is 12.4. The number of rotatable bonds is 5. The Kier molecular flexibility index (Phi) is 5.49. The maximum atomic E-state index is 9.39. The van der Waals surface area contributed by atoms with E-state index >= 15 is 0 Å². The number of aromatic hydroxyl groups is 1. The van der Waals surface area contributed by atoms with Crippen molar-refractivity contribution < 1.29 is 9.84 Å².